The van der Waals surface area contributed by atoms with Crippen LogP contribution in [0.15, 0.2) is 18.3 Å². The van der Waals surface area contributed by atoms with E-state index in [0.717, 1.165) is 30.4 Å². The molecule has 1 aromatic rings. The Morgan fingerprint density at radius 3 is 2.76 bits per heavy atom. The van der Waals surface area contributed by atoms with Crippen molar-refractivity contribution < 1.29 is 5.11 Å². The van der Waals surface area contributed by atoms with Crippen molar-refractivity contribution in [2.24, 2.45) is 5.92 Å². The zero-order valence-electron chi connectivity index (χ0n) is 10.8. The van der Waals surface area contributed by atoms with Crippen molar-refractivity contribution in [1.29, 1.82) is 0 Å². The number of anilines is 1. The molecule has 0 spiro atoms. The molecule has 2 rings (SSSR count). The van der Waals surface area contributed by atoms with Gasteiger partial charge in [0, 0.05) is 19.3 Å². The third-order valence-corrected chi connectivity index (χ3v) is 3.77. The minimum Gasteiger partial charge on any atom is -0.389 e. The number of hydrogen-bond acceptors (Lipinski definition) is 3. The highest BCUT2D eigenvalue weighted by Gasteiger charge is 2.19. The second-order valence-electron chi connectivity index (χ2n) is 4.96. The molecule has 1 atom stereocenters. The molecule has 1 aliphatic heterocycles. The van der Waals surface area contributed by atoms with Crippen LogP contribution >= 0.6 is 0 Å². The molecular weight excluding hydrogens is 212 g/mol. The molecule has 0 aromatic carbocycles. The van der Waals surface area contributed by atoms with Gasteiger partial charge < -0.3 is 10.0 Å². The summed E-state index contributed by atoms with van der Waals surface area (Å²) in [6, 6.07) is 3.89. The lowest BCUT2D eigenvalue weighted by atomic mass is 9.94. The minimum absolute atomic E-state index is 0.412. The Morgan fingerprint density at radius 1 is 1.47 bits per heavy atom. The Morgan fingerprint density at radius 2 is 2.18 bits per heavy atom. The molecule has 0 radical (unpaired) electrons. The SMILES string of the molecule is CCC1CCN(c2cc(C(C)O)ccn2)CC1. The minimum atomic E-state index is -0.412. The largest absolute Gasteiger partial charge is 0.389 e. The lowest BCUT2D eigenvalue weighted by Gasteiger charge is -2.32. The molecule has 1 fully saturated rings. The highest BCUT2D eigenvalue weighted by molar-refractivity contribution is 5.41. The summed E-state index contributed by atoms with van der Waals surface area (Å²) >= 11 is 0. The van der Waals surface area contributed by atoms with E-state index in [-0.39, 0.29) is 0 Å². The van der Waals surface area contributed by atoms with Gasteiger partial charge in [-0.05, 0) is 43.4 Å². The highest BCUT2D eigenvalue weighted by Crippen LogP contribution is 2.25. The number of piperidine rings is 1. The van der Waals surface area contributed by atoms with E-state index in [1.54, 1.807) is 13.1 Å². The van der Waals surface area contributed by atoms with E-state index in [4.69, 9.17) is 0 Å². The summed E-state index contributed by atoms with van der Waals surface area (Å²) in [5, 5.41) is 9.58. The number of nitrogens with zero attached hydrogens (tertiary/aromatic N) is 2. The summed E-state index contributed by atoms with van der Waals surface area (Å²) in [5.41, 5.74) is 0.951. The first-order valence-corrected chi connectivity index (χ1v) is 6.59. The Labute approximate surface area is 103 Å². The Bertz CT molecular complexity index is 357. The van der Waals surface area contributed by atoms with Crippen molar-refractivity contribution >= 4 is 5.82 Å². The molecule has 17 heavy (non-hydrogen) atoms. The summed E-state index contributed by atoms with van der Waals surface area (Å²) in [6.45, 7) is 6.25. The summed E-state index contributed by atoms with van der Waals surface area (Å²) in [5.74, 6) is 1.89. The zero-order chi connectivity index (χ0) is 12.3. The molecule has 3 nitrogen and oxygen atoms in total. The fourth-order valence-corrected chi connectivity index (χ4v) is 2.44. The van der Waals surface area contributed by atoms with Crippen molar-refractivity contribution in [2.75, 3.05) is 18.0 Å². The molecule has 1 aromatic heterocycles. The van der Waals surface area contributed by atoms with E-state index in [9.17, 15) is 5.11 Å². The van der Waals surface area contributed by atoms with Crippen molar-refractivity contribution in [3.05, 3.63) is 23.9 Å². The average Bonchev–Trinajstić information content (AvgIpc) is 2.39. The summed E-state index contributed by atoms with van der Waals surface area (Å²) in [6.07, 6.45) is 5.19. The summed E-state index contributed by atoms with van der Waals surface area (Å²) < 4.78 is 0. The van der Waals surface area contributed by atoms with E-state index in [1.165, 1.54) is 19.3 Å². The van der Waals surface area contributed by atoms with Gasteiger partial charge in [-0.3, -0.25) is 0 Å². The third kappa shape index (κ3) is 2.97. The molecule has 1 saturated heterocycles. The van der Waals surface area contributed by atoms with Gasteiger partial charge in [0.2, 0.25) is 0 Å². The number of aliphatic hydroxyl groups excluding tert-OH is 1. The molecular formula is C14H22N2O. The molecule has 2 heterocycles. The Balaban J connectivity index is 2.05. The first-order valence-electron chi connectivity index (χ1n) is 6.59. The number of rotatable bonds is 3. The van der Waals surface area contributed by atoms with Crippen molar-refractivity contribution in [2.45, 2.75) is 39.2 Å². The molecule has 94 valence electrons. The Hall–Kier alpha value is -1.09. The first kappa shape index (κ1) is 12.4. The van der Waals surface area contributed by atoms with Crippen LogP contribution in [0.25, 0.3) is 0 Å². The predicted octanol–water partition coefficient (Wildman–Crippen LogP) is 2.76. The van der Waals surface area contributed by atoms with Gasteiger partial charge >= 0.3 is 0 Å². The normalized spacial score (nSPS) is 19.4. The van der Waals surface area contributed by atoms with Crippen LogP contribution in [-0.2, 0) is 0 Å². The molecule has 0 bridgehead atoms. The number of aliphatic hydroxyl groups is 1. The van der Waals surface area contributed by atoms with Crippen LogP contribution in [0.1, 0.15) is 44.8 Å². The second kappa shape index (κ2) is 5.50. The van der Waals surface area contributed by atoms with Crippen molar-refractivity contribution in [3.8, 4) is 0 Å². The number of aromatic nitrogens is 1. The topological polar surface area (TPSA) is 36.4 Å². The lowest BCUT2D eigenvalue weighted by molar-refractivity contribution is 0.199. The molecule has 1 unspecified atom stereocenters. The lowest BCUT2D eigenvalue weighted by Crippen LogP contribution is -2.34. The highest BCUT2D eigenvalue weighted by atomic mass is 16.3. The van der Waals surface area contributed by atoms with E-state index in [2.05, 4.69) is 16.8 Å². The van der Waals surface area contributed by atoms with Gasteiger partial charge in [-0.2, -0.15) is 0 Å². The van der Waals surface area contributed by atoms with Crippen LogP contribution in [0.5, 0.6) is 0 Å². The molecule has 0 amide bonds. The Kier molecular flexibility index (Phi) is 4.00. The van der Waals surface area contributed by atoms with Gasteiger partial charge in [-0.1, -0.05) is 13.3 Å². The van der Waals surface area contributed by atoms with Gasteiger partial charge in [0.05, 0.1) is 6.10 Å². The van der Waals surface area contributed by atoms with Crippen LogP contribution in [0, 0.1) is 5.92 Å². The maximum absolute atomic E-state index is 9.58. The monoisotopic (exact) mass is 234 g/mol. The summed E-state index contributed by atoms with van der Waals surface area (Å²) in [4.78, 5) is 6.74. The quantitative estimate of drug-likeness (QED) is 0.873. The second-order valence-corrected chi connectivity index (χ2v) is 4.96. The molecule has 0 saturated carbocycles. The van der Waals surface area contributed by atoms with E-state index in [0.29, 0.717) is 0 Å². The fraction of sp³-hybridized carbons (Fsp3) is 0.643. The van der Waals surface area contributed by atoms with Crippen molar-refractivity contribution in [3.63, 3.8) is 0 Å². The van der Waals surface area contributed by atoms with Gasteiger partial charge in [0.15, 0.2) is 0 Å². The van der Waals surface area contributed by atoms with Crippen LogP contribution in [-0.4, -0.2) is 23.2 Å². The molecule has 3 heteroatoms. The first-order chi connectivity index (χ1) is 8.20. The van der Waals surface area contributed by atoms with Crippen LogP contribution < -0.4 is 4.90 Å². The maximum atomic E-state index is 9.58. The van der Waals surface area contributed by atoms with Crippen molar-refractivity contribution in [1.82, 2.24) is 4.98 Å². The maximum Gasteiger partial charge on any atom is 0.128 e. The number of hydrogen-bond donors (Lipinski definition) is 1. The van der Waals surface area contributed by atoms with E-state index >= 15 is 0 Å². The van der Waals surface area contributed by atoms with Gasteiger partial charge in [-0.15, -0.1) is 0 Å². The molecule has 1 aliphatic rings. The third-order valence-electron chi connectivity index (χ3n) is 3.77. The zero-order valence-corrected chi connectivity index (χ0v) is 10.8. The smallest absolute Gasteiger partial charge is 0.128 e. The number of pyridine rings is 1. The van der Waals surface area contributed by atoms with Crippen LogP contribution in [0.3, 0.4) is 0 Å². The van der Waals surface area contributed by atoms with Gasteiger partial charge in [0.25, 0.3) is 0 Å². The summed E-state index contributed by atoms with van der Waals surface area (Å²) in [7, 11) is 0. The standard InChI is InChI=1S/C14H22N2O/c1-3-12-5-8-16(9-6-12)14-10-13(11(2)17)4-7-15-14/h4,7,10-12,17H,3,5-6,8-9H2,1-2H3. The van der Waals surface area contributed by atoms with Crippen LogP contribution in [0.2, 0.25) is 0 Å². The van der Waals surface area contributed by atoms with Gasteiger partial charge in [-0.25, -0.2) is 4.98 Å². The van der Waals surface area contributed by atoms with Gasteiger partial charge in [0.1, 0.15) is 5.82 Å². The predicted molar refractivity (Wildman–Crippen MR) is 70.1 cm³/mol. The van der Waals surface area contributed by atoms with E-state index in [1.807, 2.05) is 12.1 Å². The van der Waals surface area contributed by atoms with E-state index < -0.39 is 6.10 Å². The average molecular weight is 234 g/mol. The van der Waals surface area contributed by atoms with Crippen LogP contribution in [0.4, 0.5) is 5.82 Å². The fourth-order valence-electron chi connectivity index (χ4n) is 2.44. The molecule has 1 N–H and O–H groups in total. The molecule has 0 aliphatic carbocycles.